The Hall–Kier alpha value is -3.34. The minimum absolute atomic E-state index is 0.0504. The van der Waals surface area contributed by atoms with Gasteiger partial charge in [-0.1, -0.05) is 41.9 Å². The van der Waals surface area contributed by atoms with Gasteiger partial charge in [-0.3, -0.25) is 14.5 Å². The highest BCUT2D eigenvalue weighted by Gasteiger charge is 2.29. The number of likely N-dealkylation sites (N-methyl/N-ethyl adjacent to an activating group) is 1. The van der Waals surface area contributed by atoms with Gasteiger partial charge in [-0.15, -0.1) is 22.7 Å². The number of rotatable bonds is 9. The molecule has 1 unspecified atom stereocenters. The number of amides is 2. The second kappa shape index (κ2) is 12.0. The largest absolute Gasteiger partial charge is 0.354 e. The minimum atomic E-state index is -0.0997. The molecule has 198 valence electrons. The van der Waals surface area contributed by atoms with Gasteiger partial charge < -0.3 is 14.7 Å². The second-order valence-electron chi connectivity index (χ2n) is 9.53. The third kappa shape index (κ3) is 5.87. The van der Waals surface area contributed by atoms with Crippen LogP contribution in [0.4, 0.5) is 0 Å². The van der Waals surface area contributed by atoms with Crippen LogP contribution in [0.5, 0.6) is 0 Å². The summed E-state index contributed by atoms with van der Waals surface area (Å²) >= 11 is 2.89. The van der Waals surface area contributed by atoms with Crippen LogP contribution in [0, 0.1) is 0 Å². The van der Waals surface area contributed by atoms with Crippen molar-refractivity contribution in [3.05, 3.63) is 58.1 Å². The van der Waals surface area contributed by atoms with Crippen molar-refractivity contribution in [1.82, 2.24) is 25.3 Å². The van der Waals surface area contributed by atoms with Crippen LogP contribution in [0.2, 0.25) is 0 Å². The van der Waals surface area contributed by atoms with Gasteiger partial charge in [0, 0.05) is 49.8 Å². The molecular formula is C28H31N5O3S2. The van der Waals surface area contributed by atoms with E-state index in [4.69, 9.17) is 9.51 Å². The van der Waals surface area contributed by atoms with E-state index in [-0.39, 0.29) is 17.9 Å². The molecule has 10 heteroatoms. The van der Waals surface area contributed by atoms with Gasteiger partial charge >= 0.3 is 0 Å². The number of hydrogen-bond donors (Lipinski definition) is 1. The molecule has 1 aliphatic heterocycles. The van der Waals surface area contributed by atoms with Gasteiger partial charge in [-0.25, -0.2) is 4.98 Å². The fraction of sp³-hybridized carbons (Fsp3) is 0.357. The summed E-state index contributed by atoms with van der Waals surface area (Å²) in [5, 5.41) is 11.8. The summed E-state index contributed by atoms with van der Waals surface area (Å²) in [6, 6.07) is 13.6. The molecule has 5 rings (SSSR count). The maximum atomic E-state index is 13.0. The summed E-state index contributed by atoms with van der Waals surface area (Å²) in [5.74, 6) is 0.662. The van der Waals surface area contributed by atoms with Crippen molar-refractivity contribution < 1.29 is 14.1 Å². The summed E-state index contributed by atoms with van der Waals surface area (Å²) in [5.41, 5.74) is 3.25. The van der Waals surface area contributed by atoms with E-state index in [1.807, 2.05) is 67.3 Å². The van der Waals surface area contributed by atoms with Crippen molar-refractivity contribution in [2.75, 3.05) is 33.7 Å². The van der Waals surface area contributed by atoms with Gasteiger partial charge in [0.2, 0.25) is 5.91 Å². The Morgan fingerprint density at radius 2 is 1.97 bits per heavy atom. The third-order valence-corrected chi connectivity index (χ3v) is 8.47. The predicted molar refractivity (Wildman–Crippen MR) is 151 cm³/mol. The molecule has 38 heavy (non-hydrogen) atoms. The first kappa shape index (κ1) is 26.3. The molecule has 0 bridgehead atoms. The molecule has 1 aromatic carbocycles. The number of nitrogens with one attached hydrogen (secondary N) is 1. The van der Waals surface area contributed by atoms with E-state index >= 15 is 0 Å². The molecule has 1 N–H and O–H groups in total. The first-order valence-corrected chi connectivity index (χ1v) is 14.6. The van der Waals surface area contributed by atoms with E-state index in [9.17, 15) is 9.59 Å². The Morgan fingerprint density at radius 3 is 2.79 bits per heavy atom. The Kier molecular flexibility index (Phi) is 8.31. The number of hydrogen-bond acceptors (Lipinski definition) is 8. The predicted octanol–water partition coefficient (Wildman–Crippen LogP) is 5.26. The van der Waals surface area contributed by atoms with E-state index < -0.39 is 0 Å². The first-order chi connectivity index (χ1) is 18.5. The minimum Gasteiger partial charge on any atom is -0.354 e. The zero-order valence-corrected chi connectivity index (χ0v) is 23.2. The summed E-state index contributed by atoms with van der Waals surface area (Å²) in [4.78, 5) is 34.9. The highest BCUT2D eigenvalue weighted by atomic mass is 32.1. The lowest BCUT2D eigenvalue weighted by molar-refractivity contribution is -0.135. The van der Waals surface area contributed by atoms with Crippen LogP contribution in [0.15, 0.2) is 57.7 Å². The molecule has 0 spiro atoms. The number of thiophene rings is 1. The lowest BCUT2D eigenvalue weighted by Crippen LogP contribution is -2.49. The van der Waals surface area contributed by atoms with Crippen molar-refractivity contribution in [2.45, 2.75) is 31.7 Å². The third-order valence-electron chi connectivity index (χ3n) is 6.69. The number of carbonyl (C=O) groups excluding carboxylic acids is 2. The fourth-order valence-corrected chi connectivity index (χ4v) is 6.42. The van der Waals surface area contributed by atoms with Crippen molar-refractivity contribution in [3.63, 3.8) is 0 Å². The van der Waals surface area contributed by atoms with E-state index in [2.05, 4.69) is 15.4 Å². The van der Waals surface area contributed by atoms with Crippen LogP contribution in [0.3, 0.4) is 0 Å². The first-order valence-electron chi connectivity index (χ1n) is 12.8. The molecule has 3 aromatic heterocycles. The van der Waals surface area contributed by atoms with Crippen molar-refractivity contribution in [3.8, 4) is 33.3 Å². The van der Waals surface area contributed by atoms with Gasteiger partial charge in [0.15, 0.2) is 5.76 Å². The van der Waals surface area contributed by atoms with Crippen molar-refractivity contribution >= 4 is 34.5 Å². The van der Waals surface area contributed by atoms with E-state index in [1.54, 1.807) is 4.90 Å². The van der Waals surface area contributed by atoms with Crippen molar-refractivity contribution in [1.29, 1.82) is 0 Å². The van der Waals surface area contributed by atoms with Gasteiger partial charge in [-0.05, 0) is 37.3 Å². The molecule has 2 amide bonds. The number of nitrogens with zero attached hydrogens (tertiary/aromatic N) is 4. The number of likely N-dealkylation sites (tertiary alicyclic amines) is 1. The highest BCUT2D eigenvalue weighted by Crippen LogP contribution is 2.34. The molecule has 4 heterocycles. The molecule has 0 aliphatic carbocycles. The Morgan fingerprint density at radius 1 is 1.13 bits per heavy atom. The maximum absolute atomic E-state index is 13.0. The molecule has 0 radical (unpaired) electrons. The summed E-state index contributed by atoms with van der Waals surface area (Å²) in [6.45, 7) is 2.27. The van der Waals surface area contributed by atoms with Gasteiger partial charge in [-0.2, -0.15) is 0 Å². The topological polar surface area (TPSA) is 91.6 Å². The lowest BCUT2D eigenvalue weighted by Gasteiger charge is -2.36. The monoisotopic (exact) mass is 549 g/mol. The molecule has 1 fully saturated rings. The quantitative estimate of drug-likeness (QED) is 0.287. The second-order valence-corrected chi connectivity index (χ2v) is 11.3. The fourth-order valence-electron chi connectivity index (χ4n) is 4.71. The Bertz CT molecular complexity index is 1380. The van der Waals surface area contributed by atoms with E-state index in [0.717, 1.165) is 60.6 Å². The molecule has 4 aromatic rings. The Labute approximate surface area is 230 Å². The maximum Gasteiger partial charge on any atom is 0.262 e. The number of piperidine rings is 1. The average molecular weight is 550 g/mol. The van der Waals surface area contributed by atoms with Crippen LogP contribution >= 0.6 is 22.7 Å². The highest BCUT2D eigenvalue weighted by molar-refractivity contribution is 7.15. The van der Waals surface area contributed by atoms with Crippen LogP contribution in [-0.2, 0) is 4.79 Å². The molecule has 0 saturated carbocycles. The number of thiazole rings is 1. The smallest absolute Gasteiger partial charge is 0.262 e. The summed E-state index contributed by atoms with van der Waals surface area (Å²) in [6.07, 6.45) is 3.89. The molecule has 1 saturated heterocycles. The zero-order valence-electron chi connectivity index (χ0n) is 21.6. The standard InChI is InChI=1S/C28H31N5O3S2/c1-32(2)28(35)23-11-6-7-14-33(23)15-8-13-29-26(34)25-20(12-16-37-25)27-30-22(18-38-27)24-17-21(31-36-24)19-9-4-3-5-10-19/h3-5,9-10,12,16-18,23H,6-8,11,13-15H2,1-2H3,(H,29,34). The molecule has 8 nitrogen and oxygen atoms in total. The SMILES string of the molecule is CN(C)C(=O)C1CCCCN1CCCNC(=O)c1sccc1-c1nc(-c2cc(-c3ccccc3)no2)cs1. The number of benzene rings is 1. The van der Waals surface area contributed by atoms with E-state index in [1.165, 1.54) is 22.7 Å². The number of carbonyl (C=O) groups is 2. The van der Waals surface area contributed by atoms with Crippen molar-refractivity contribution in [2.24, 2.45) is 0 Å². The molecule has 1 aliphatic rings. The lowest BCUT2D eigenvalue weighted by atomic mass is 10.0. The molecular weight excluding hydrogens is 518 g/mol. The zero-order chi connectivity index (χ0) is 26.5. The normalized spacial score (nSPS) is 15.9. The molecule has 1 atom stereocenters. The van der Waals surface area contributed by atoms with Crippen LogP contribution in [-0.4, -0.2) is 71.5 Å². The van der Waals surface area contributed by atoms with Crippen LogP contribution in [0.1, 0.15) is 35.4 Å². The summed E-state index contributed by atoms with van der Waals surface area (Å²) in [7, 11) is 3.62. The van der Waals surface area contributed by atoms with Gasteiger partial charge in [0.05, 0.1) is 6.04 Å². The number of aromatic nitrogens is 2. The van der Waals surface area contributed by atoms with E-state index in [0.29, 0.717) is 22.9 Å². The van der Waals surface area contributed by atoms with Crippen LogP contribution in [0.25, 0.3) is 33.3 Å². The summed E-state index contributed by atoms with van der Waals surface area (Å²) < 4.78 is 5.55. The Balaban J connectivity index is 1.19. The van der Waals surface area contributed by atoms with Gasteiger partial charge in [0.25, 0.3) is 5.91 Å². The van der Waals surface area contributed by atoms with Crippen LogP contribution < -0.4 is 5.32 Å². The average Bonchev–Trinajstić information content (AvgIpc) is 3.71. The van der Waals surface area contributed by atoms with Gasteiger partial charge in [0.1, 0.15) is 21.3 Å².